The minimum absolute atomic E-state index is 0.144. The molecule has 0 aliphatic heterocycles. The van der Waals surface area contributed by atoms with Gasteiger partial charge in [-0.15, -0.1) is 0 Å². The first-order valence-corrected chi connectivity index (χ1v) is 9.24. The molecule has 0 spiro atoms. The minimum Gasteiger partial charge on any atom is -0.507 e. The lowest BCUT2D eigenvalue weighted by molar-refractivity contribution is 0.303. The second-order valence-corrected chi connectivity index (χ2v) is 6.83. The summed E-state index contributed by atoms with van der Waals surface area (Å²) in [5, 5.41) is 18.1. The van der Waals surface area contributed by atoms with Crippen molar-refractivity contribution in [2.75, 3.05) is 0 Å². The van der Waals surface area contributed by atoms with E-state index < -0.39 is 0 Å². The van der Waals surface area contributed by atoms with E-state index in [-0.39, 0.29) is 5.75 Å². The maximum absolute atomic E-state index is 10.6. The number of H-pyrrole nitrogens is 1. The summed E-state index contributed by atoms with van der Waals surface area (Å²) in [4.78, 5) is 0. The number of nitrogens with zero attached hydrogens (tertiary/aromatic N) is 1. The van der Waals surface area contributed by atoms with Crippen LogP contribution in [-0.2, 0) is 6.61 Å². The predicted octanol–water partition coefficient (Wildman–Crippen LogP) is 5.65. The molecule has 4 nitrogen and oxygen atoms in total. The van der Waals surface area contributed by atoms with E-state index >= 15 is 0 Å². The van der Waals surface area contributed by atoms with Crippen molar-refractivity contribution in [2.45, 2.75) is 20.5 Å². The summed E-state index contributed by atoms with van der Waals surface area (Å²) in [5.74, 6) is 0.768. The second kappa shape index (κ2) is 7.61. The van der Waals surface area contributed by atoms with Crippen molar-refractivity contribution in [3.63, 3.8) is 0 Å². The van der Waals surface area contributed by atoms with Crippen LogP contribution in [0.5, 0.6) is 11.5 Å². The Kier molecular flexibility index (Phi) is 4.85. The van der Waals surface area contributed by atoms with E-state index in [9.17, 15) is 5.11 Å². The van der Waals surface area contributed by atoms with Gasteiger partial charge in [-0.2, -0.15) is 5.10 Å². The molecule has 4 heteroatoms. The van der Waals surface area contributed by atoms with Crippen molar-refractivity contribution in [1.29, 1.82) is 0 Å². The number of phenolic OH excluding ortho intramolecular Hbond substituents is 1. The molecule has 0 bridgehead atoms. The smallest absolute Gasteiger partial charge is 0.128 e. The zero-order valence-electron chi connectivity index (χ0n) is 15.9. The van der Waals surface area contributed by atoms with Gasteiger partial charge in [0.25, 0.3) is 0 Å². The average Bonchev–Trinajstić information content (AvgIpc) is 3.09. The largest absolute Gasteiger partial charge is 0.507 e. The summed E-state index contributed by atoms with van der Waals surface area (Å²) < 4.78 is 5.88. The van der Waals surface area contributed by atoms with Crippen LogP contribution < -0.4 is 4.74 Å². The summed E-state index contributed by atoms with van der Waals surface area (Å²) >= 11 is 0. The number of hydrogen-bond donors (Lipinski definition) is 2. The molecule has 2 N–H and O–H groups in total. The molecule has 1 aromatic heterocycles. The SMILES string of the molecule is Cc1ccccc1COc1ccc(-c2n[nH]c(C)c2-c2ccccc2)c(O)c1. The fourth-order valence-corrected chi connectivity index (χ4v) is 3.32. The van der Waals surface area contributed by atoms with E-state index in [4.69, 9.17) is 4.74 Å². The van der Waals surface area contributed by atoms with Gasteiger partial charge in [0, 0.05) is 22.9 Å². The summed E-state index contributed by atoms with van der Waals surface area (Å²) in [6, 6.07) is 23.5. The van der Waals surface area contributed by atoms with E-state index in [1.54, 1.807) is 6.07 Å². The third-order valence-corrected chi connectivity index (χ3v) is 4.89. The third-order valence-electron chi connectivity index (χ3n) is 4.89. The number of ether oxygens (including phenoxy) is 1. The van der Waals surface area contributed by atoms with Crippen molar-refractivity contribution >= 4 is 0 Å². The monoisotopic (exact) mass is 370 g/mol. The van der Waals surface area contributed by atoms with Crippen LogP contribution in [0.1, 0.15) is 16.8 Å². The number of aromatic nitrogens is 2. The maximum Gasteiger partial charge on any atom is 0.128 e. The molecule has 28 heavy (non-hydrogen) atoms. The van der Waals surface area contributed by atoms with Crippen molar-refractivity contribution in [3.8, 4) is 33.9 Å². The highest BCUT2D eigenvalue weighted by Gasteiger charge is 2.17. The van der Waals surface area contributed by atoms with Crippen LogP contribution >= 0.6 is 0 Å². The van der Waals surface area contributed by atoms with Gasteiger partial charge in [-0.05, 0) is 42.7 Å². The Hall–Kier alpha value is -3.53. The van der Waals surface area contributed by atoms with E-state index in [0.29, 0.717) is 17.9 Å². The molecule has 0 radical (unpaired) electrons. The molecule has 140 valence electrons. The van der Waals surface area contributed by atoms with Crippen LogP contribution in [0.4, 0.5) is 0 Å². The average molecular weight is 370 g/mol. The van der Waals surface area contributed by atoms with Crippen LogP contribution in [0.3, 0.4) is 0 Å². The van der Waals surface area contributed by atoms with Crippen LogP contribution in [0.15, 0.2) is 72.8 Å². The summed E-state index contributed by atoms with van der Waals surface area (Å²) in [6.07, 6.45) is 0. The highest BCUT2D eigenvalue weighted by Crippen LogP contribution is 2.38. The molecular weight excluding hydrogens is 348 g/mol. The van der Waals surface area contributed by atoms with Gasteiger partial charge < -0.3 is 9.84 Å². The zero-order valence-corrected chi connectivity index (χ0v) is 15.9. The lowest BCUT2D eigenvalue weighted by atomic mass is 9.99. The normalized spacial score (nSPS) is 10.8. The Bertz CT molecular complexity index is 1100. The first-order valence-electron chi connectivity index (χ1n) is 9.24. The first kappa shape index (κ1) is 17.9. The Morgan fingerprint density at radius 2 is 1.68 bits per heavy atom. The van der Waals surface area contributed by atoms with Gasteiger partial charge in [-0.1, -0.05) is 54.6 Å². The van der Waals surface area contributed by atoms with Crippen molar-refractivity contribution in [3.05, 3.63) is 89.6 Å². The number of phenols is 1. The van der Waals surface area contributed by atoms with Crippen molar-refractivity contribution < 1.29 is 9.84 Å². The van der Waals surface area contributed by atoms with Gasteiger partial charge in [0.15, 0.2) is 0 Å². The zero-order chi connectivity index (χ0) is 19.5. The Balaban J connectivity index is 1.62. The number of aromatic amines is 1. The highest BCUT2D eigenvalue weighted by molar-refractivity contribution is 5.85. The summed E-state index contributed by atoms with van der Waals surface area (Å²) in [6.45, 7) is 4.50. The quantitative estimate of drug-likeness (QED) is 0.477. The molecule has 0 aliphatic carbocycles. The van der Waals surface area contributed by atoms with Gasteiger partial charge in [-0.25, -0.2) is 0 Å². The molecule has 0 atom stereocenters. The van der Waals surface area contributed by atoms with Gasteiger partial charge >= 0.3 is 0 Å². The van der Waals surface area contributed by atoms with Gasteiger partial charge in [-0.3, -0.25) is 5.10 Å². The molecule has 0 amide bonds. The Morgan fingerprint density at radius 1 is 0.929 bits per heavy atom. The molecule has 0 aliphatic rings. The molecule has 4 rings (SSSR count). The highest BCUT2D eigenvalue weighted by atomic mass is 16.5. The topological polar surface area (TPSA) is 58.1 Å². The number of aryl methyl sites for hydroxylation is 2. The van der Waals surface area contributed by atoms with Gasteiger partial charge in [0.2, 0.25) is 0 Å². The van der Waals surface area contributed by atoms with Crippen molar-refractivity contribution in [2.24, 2.45) is 0 Å². The van der Waals surface area contributed by atoms with Gasteiger partial charge in [0.05, 0.1) is 0 Å². The fourth-order valence-electron chi connectivity index (χ4n) is 3.32. The standard InChI is InChI=1S/C24H22N2O2/c1-16-8-6-7-11-19(16)15-28-20-12-13-21(22(27)14-20)24-23(17(2)25-26-24)18-9-4-3-5-10-18/h3-14,27H,15H2,1-2H3,(H,25,26). The molecule has 0 unspecified atom stereocenters. The van der Waals surface area contributed by atoms with Crippen LogP contribution in [0, 0.1) is 13.8 Å². The third kappa shape index (κ3) is 3.49. The molecule has 0 saturated carbocycles. The summed E-state index contributed by atoms with van der Waals surface area (Å²) in [7, 11) is 0. The first-order chi connectivity index (χ1) is 13.6. The lowest BCUT2D eigenvalue weighted by Crippen LogP contribution is -1.97. The minimum atomic E-state index is 0.144. The van der Waals surface area contributed by atoms with Gasteiger partial charge in [0.1, 0.15) is 23.8 Å². The van der Waals surface area contributed by atoms with Crippen LogP contribution in [-0.4, -0.2) is 15.3 Å². The Labute approximate surface area is 164 Å². The van der Waals surface area contributed by atoms with E-state index in [1.807, 2.05) is 67.6 Å². The second-order valence-electron chi connectivity index (χ2n) is 6.83. The predicted molar refractivity (Wildman–Crippen MR) is 111 cm³/mol. The summed E-state index contributed by atoms with van der Waals surface area (Å²) in [5.41, 5.74) is 6.72. The number of aromatic hydroxyl groups is 1. The molecule has 1 heterocycles. The number of hydrogen-bond acceptors (Lipinski definition) is 3. The van der Waals surface area contributed by atoms with E-state index in [1.165, 1.54) is 5.56 Å². The number of rotatable bonds is 5. The van der Waals surface area contributed by atoms with Crippen molar-refractivity contribution in [1.82, 2.24) is 10.2 Å². The number of nitrogens with one attached hydrogen (secondary N) is 1. The van der Waals surface area contributed by atoms with Crippen LogP contribution in [0.2, 0.25) is 0 Å². The molecular formula is C24H22N2O2. The fraction of sp³-hybridized carbons (Fsp3) is 0.125. The lowest BCUT2D eigenvalue weighted by Gasteiger charge is -2.11. The molecule has 0 saturated heterocycles. The molecule has 4 aromatic rings. The van der Waals surface area contributed by atoms with E-state index in [0.717, 1.165) is 28.1 Å². The number of benzene rings is 3. The maximum atomic E-state index is 10.6. The molecule has 3 aromatic carbocycles. The van der Waals surface area contributed by atoms with Crippen LogP contribution in [0.25, 0.3) is 22.4 Å². The van der Waals surface area contributed by atoms with E-state index in [2.05, 4.69) is 23.2 Å². The molecule has 0 fully saturated rings. The Morgan fingerprint density at radius 3 is 2.43 bits per heavy atom.